The minimum atomic E-state index is -0.630. The Labute approximate surface area is 149 Å². The Morgan fingerprint density at radius 3 is 2.28 bits per heavy atom. The zero-order valence-electron chi connectivity index (χ0n) is 15.7. The molecule has 0 spiro atoms. The predicted octanol–water partition coefficient (Wildman–Crippen LogP) is 5.20. The van der Waals surface area contributed by atoms with Crippen molar-refractivity contribution in [1.82, 2.24) is 0 Å². The SMILES string of the molecule is CC1=CC(C)C(C(C)(CCC(O)c2ccc(C)o2)c2ccc(C)o2)O1. The number of aliphatic hydroxyl groups excluding tert-OH is 1. The van der Waals surface area contributed by atoms with Crippen molar-refractivity contribution in [2.75, 3.05) is 0 Å². The highest BCUT2D eigenvalue weighted by Crippen LogP contribution is 2.43. The number of ether oxygens (including phenoxy) is 1. The van der Waals surface area contributed by atoms with E-state index in [4.69, 9.17) is 13.6 Å². The standard InChI is InChI=1S/C21H28O4/c1-13-12-16(4)25-20(13)21(5,19-9-7-15(3)24-19)11-10-17(22)18-8-6-14(2)23-18/h6-9,12-13,17,20,22H,10-11H2,1-5H3. The van der Waals surface area contributed by atoms with E-state index in [1.165, 1.54) is 0 Å². The molecule has 0 saturated heterocycles. The maximum atomic E-state index is 10.5. The van der Waals surface area contributed by atoms with Gasteiger partial charge in [-0.2, -0.15) is 0 Å². The lowest BCUT2D eigenvalue weighted by Gasteiger charge is -2.36. The number of rotatable bonds is 6. The summed E-state index contributed by atoms with van der Waals surface area (Å²) in [6.07, 6.45) is 2.83. The van der Waals surface area contributed by atoms with E-state index in [0.717, 1.165) is 29.5 Å². The molecule has 0 aliphatic carbocycles. The lowest BCUT2D eigenvalue weighted by Crippen LogP contribution is -2.40. The van der Waals surface area contributed by atoms with E-state index in [1.807, 2.05) is 45.0 Å². The Hall–Kier alpha value is -1.94. The molecule has 1 N–H and O–H groups in total. The summed E-state index contributed by atoms with van der Waals surface area (Å²) in [4.78, 5) is 0. The van der Waals surface area contributed by atoms with Gasteiger partial charge in [0.1, 0.15) is 35.2 Å². The highest BCUT2D eigenvalue weighted by molar-refractivity contribution is 5.22. The van der Waals surface area contributed by atoms with Crippen LogP contribution in [0, 0.1) is 19.8 Å². The van der Waals surface area contributed by atoms with Crippen LogP contribution in [0.25, 0.3) is 0 Å². The summed E-state index contributed by atoms with van der Waals surface area (Å²) in [5, 5.41) is 10.5. The molecule has 2 aromatic rings. The molecule has 0 saturated carbocycles. The van der Waals surface area contributed by atoms with Crippen molar-refractivity contribution in [2.24, 2.45) is 5.92 Å². The van der Waals surface area contributed by atoms with Crippen LogP contribution < -0.4 is 0 Å². The Kier molecular flexibility index (Phi) is 4.83. The van der Waals surface area contributed by atoms with E-state index < -0.39 is 6.10 Å². The molecule has 3 rings (SSSR count). The van der Waals surface area contributed by atoms with Gasteiger partial charge in [0.25, 0.3) is 0 Å². The van der Waals surface area contributed by atoms with E-state index in [0.29, 0.717) is 18.1 Å². The Balaban J connectivity index is 1.82. The largest absolute Gasteiger partial charge is 0.494 e. The Morgan fingerprint density at radius 2 is 1.76 bits per heavy atom. The fourth-order valence-corrected chi connectivity index (χ4v) is 3.87. The van der Waals surface area contributed by atoms with Gasteiger partial charge in [0.15, 0.2) is 0 Å². The first kappa shape index (κ1) is 17.9. The van der Waals surface area contributed by atoms with Crippen molar-refractivity contribution in [1.29, 1.82) is 0 Å². The molecular weight excluding hydrogens is 316 g/mol. The molecular formula is C21H28O4. The van der Waals surface area contributed by atoms with Crippen LogP contribution in [0.5, 0.6) is 0 Å². The molecule has 4 nitrogen and oxygen atoms in total. The molecule has 4 unspecified atom stereocenters. The van der Waals surface area contributed by atoms with Gasteiger partial charge in [0.05, 0.1) is 11.2 Å². The number of allylic oxidation sites excluding steroid dienone is 1. The first-order chi connectivity index (χ1) is 11.8. The fraction of sp³-hybridized carbons (Fsp3) is 0.524. The molecule has 0 amide bonds. The molecule has 0 bridgehead atoms. The average Bonchev–Trinajstić information content (AvgIpc) is 3.25. The summed E-state index contributed by atoms with van der Waals surface area (Å²) < 4.78 is 17.7. The zero-order valence-corrected chi connectivity index (χ0v) is 15.7. The highest BCUT2D eigenvalue weighted by atomic mass is 16.5. The topological polar surface area (TPSA) is 55.7 Å². The van der Waals surface area contributed by atoms with Gasteiger partial charge >= 0.3 is 0 Å². The number of aliphatic hydroxyl groups is 1. The van der Waals surface area contributed by atoms with Gasteiger partial charge in [-0.15, -0.1) is 0 Å². The van der Waals surface area contributed by atoms with Crippen LogP contribution in [0.1, 0.15) is 62.8 Å². The summed E-state index contributed by atoms with van der Waals surface area (Å²) in [7, 11) is 0. The number of furan rings is 2. The molecule has 136 valence electrons. The smallest absolute Gasteiger partial charge is 0.132 e. The molecule has 0 radical (unpaired) electrons. The van der Waals surface area contributed by atoms with Crippen LogP contribution in [-0.4, -0.2) is 11.2 Å². The number of aryl methyl sites for hydroxylation is 2. The van der Waals surface area contributed by atoms with Gasteiger partial charge in [-0.05, 0) is 70.9 Å². The fourth-order valence-electron chi connectivity index (χ4n) is 3.87. The first-order valence-corrected chi connectivity index (χ1v) is 8.96. The number of hydrogen-bond donors (Lipinski definition) is 1. The minimum absolute atomic E-state index is 0.0106. The lowest BCUT2D eigenvalue weighted by molar-refractivity contribution is 0.0229. The summed E-state index contributed by atoms with van der Waals surface area (Å²) in [6.45, 7) is 10.2. The molecule has 4 atom stereocenters. The second-order valence-corrected chi connectivity index (χ2v) is 7.51. The van der Waals surface area contributed by atoms with Gasteiger partial charge in [0.2, 0.25) is 0 Å². The van der Waals surface area contributed by atoms with Crippen LogP contribution in [0.3, 0.4) is 0 Å². The van der Waals surface area contributed by atoms with Crippen molar-refractivity contribution in [3.63, 3.8) is 0 Å². The monoisotopic (exact) mass is 344 g/mol. The third-order valence-corrected chi connectivity index (χ3v) is 5.25. The number of hydrogen-bond acceptors (Lipinski definition) is 4. The average molecular weight is 344 g/mol. The summed E-state index contributed by atoms with van der Waals surface area (Å²) in [5.41, 5.74) is -0.329. The van der Waals surface area contributed by atoms with E-state index in [1.54, 1.807) is 0 Å². The van der Waals surface area contributed by atoms with Crippen molar-refractivity contribution < 1.29 is 18.7 Å². The third-order valence-electron chi connectivity index (χ3n) is 5.25. The maximum Gasteiger partial charge on any atom is 0.132 e. The molecule has 4 heteroatoms. The summed E-state index contributed by atoms with van der Waals surface area (Å²) in [5.74, 6) is 4.47. The van der Waals surface area contributed by atoms with E-state index >= 15 is 0 Å². The van der Waals surface area contributed by atoms with Crippen LogP contribution in [0.4, 0.5) is 0 Å². The third kappa shape index (κ3) is 3.54. The van der Waals surface area contributed by atoms with Gasteiger partial charge in [-0.25, -0.2) is 0 Å². The van der Waals surface area contributed by atoms with Gasteiger partial charge < -0.3 is 18.7 Å². The minimum Gasteiger partial charge on any atom is -0.494 e. The summed E-state index contributed by atoms with van der Waals surface area (Å²) >= 11 is 0. The molecule has 0 aromatic carbocycles. The molecule has 0 fully saturated rings. The Bertz CT molecular complexity index is 754. The zero-order chi connectivity index (χ0) is 18.2. The molecule has 25 heavy (non-hydrogen) atoms. The maximum absolute atomic E-state index is 10.5. The molecule has 1 aliphatic heterocycles. The van der Waals surface area contributed by atoms with Gasteiger partial charge in [-0.1, -0.05) is 6.92 Å². The second-order valence-electron chi connectivity index (χ2n) is 7.51. The molecule has 2 aromatic heterocycles. The predicted molar refractivity (Wildman–Crippen MR) is 96.2 cm³/mol. The summed E-state index contributed by atoms with van der Waals surface area (Å²) in [6, 6.07) is 7.74. The van der Waals surface area contributed by atoms with Crippen LogP contribution in [-0.2, 0) is 10.2 Å². The molecule has 3 heterocycles. The van der Waals surface area contributed by atoms with Crippen molar-refractivity contribution in [3.8, 4) is 0 Å². The normalized spacial score (nSPS) is 23.8. The lowest BCUT2D eigenvalue weighted by atomic mass is 9.73. The Morgan fingerprint density at radius 1 is 1.08 bits per heavy atom. The van der Waals surface area contributed by atoms with E-state index in [-0.39, 0.29) is 11.5 Å². The highest BCUT2D eigenvalue weighted by Gasteiger charge is 2.45. The quantitative estimate of drug-likeness (QED) is 0.782. The molecule has 1 aliphatic rings. The van der Waals surface area contributed by atoms with Crippen LogP contribution in [0.15, 0.2) is 44.9 Å². The van der Waals surface area contributed by atoms with Gasteiger partial charge in [0, 0.05) is 5.92 Å². The first-order valence-electron chi connectivity index (χ1n) is 8.96. The van der Waals surface area contributed by atoms with E-state index in [9.17, 15) is 5.11 Å². The van der Waals surface area contributed by atoms with Crippen molar-refractivity contribution in [3.05, 3.63) is 59.1 Å². The van der Waals surface area contributed by atoms with Crippen LogP contribution >= 0.6 is 0 Å². The second kappa shape index (κ2) is 6.75. The van der Waals surface area contributed by atoms with Gasteiger partial charge in [-0.3, -0.25) is 0 Å². The van der Waals surface area contributed by atoms with Crippen LogP contribution in [0.2, 0.25) is 0 Å². The van der Waals surface area contributed by atoms with Crippen molar-refractivity contribution in [2.45, 2.75) is 65.1 Å². The van der Waals surface area contributed by atoms with Crippen molar-refractivity contribution >= 4 is 0 Å². The van der Waals surface area contributed by atoms with E-state index in [2.05, 4.69) is 19.9 Å².